The number of carbonyl (C=O) groups excluding carboxylic acids is 1. The molecule has 1 fully saturated rings. The Kier molecular flexibility index (Phi) is 5.88. The summed E-state index contributed by atoms with van der Waals surface area (Å²) in [7, 11) is 0. The average Bonchev–Trinajstić information content (AvgIpc) is 2.70. The lowest BCUT2D eigenvalue weighted by molar-refractivity contribution is -0.130. The molecule has 1 aliphatic carbocycles. The highest BCUT2D eigenvalue weighted by Crippen LogP contribution is 2.24. The molecular weight excluding hydrogens is 288 g/mol. The Morgan fingerprint density at radius 2 is 2.00 bits per heavy atom. The van der Waals surface area contributed by atoms with Crippen LogP contribution in [0.15, 0.2) is 18.2 Å². The van der Waals surface area contributed by atoms with E-state index >= 15 is 0 Å². The molecule has 0 saturated heterocycles. The van der Waals surface area contributed by atoms with Crippen LogP contribution < -0.4 is 11.1 Å². The lowest BCUT2D eigenvalue weighted by atomic mass is 10.1. The van der Waals surface area contributed by atoms with Crippen molar-refractivity contribution in [1.29, 1.82) is 0 Å². The molecule has 0 bridgehead atoms. The van der Waals surface area contributed by atoms with Crippen LogP contribution in [-0.4, -0.2) is 18.1 Å². The van der Waals surface area contributed by atoms with E-state index in [0.29, 0.717) is 16.4 Å². The first-order valence-corrected chi connectivity index (χ1v) is 7.95. The third-order valence-corrected chi connectivity index (χ3v) is 4.07. The number of nitrogen functional groups attached to an aromatic ring is 1. The second kappa shape index (κ2) is 7.66. The van der Waals surface area contributed by atoms with Gasteiger partial charge >= 0.3 is 0 Å². The lowest BCUT2D eigenvalue weighted by Gasteiger charge is -2.21. The minimum atomic E-state index is -0.483. The molecule has 1 unspecified atom stereocenters. The molecule has 116 valence electrons. The van der Waals surface area contributed by atoms with Crippen molar-refractivity contribution in [2.45, 2.75) is 57.7 Å². The van der Waals surface area contributed by atoms with E-state index in [-0.39, 0.29) is 12.0 Å². The number of amides is 1. The second-order valence-electron chi connectivity index (χ2n) is 5.61. The van der Waals surface area contributed by atoms with Gasteiger partial charge in [-0.3, -0.25) is 4.79 Å². The van der Waals surface area contributed by atoms with Crippen LogP contribution in [0.25, 0.3) is 0 Å². The molecule has 1 amide bonds. The van der Waals surface area contributed by atoms with E-state index in [1.165, 1.54) is 25.7 Å². The molecule has 0 radical (unpaired) electrons. The van der Waals surface area contributed by atoms with Gasteiger partial charge in [0.25, 0.3) is 5.91 Å². The SMILES string of the molecule is CC(OC1CCCCCC1)C(=O)Nc1ccc(Cl)cc1N. The highest BCUT2D eigenvalue weighted by molar-refractivity contribution is 6.31. The zero-order valence-electron chi connectivity index (χ0n) is 12.4. The zero-order valence-corrected chi connectivity index (χ0v) is 13.2. The second-order valence-corrected chi connectivity index (χ2v) is 6.05. The minimum absolute atomic E-state index is 0.173. The first kappa shape index (κ1) is 16.1. The molecule has 0 aromatic heterocycles. The number of rotatable bonds is 4. The Morgan fingerprint density at radius 1 is 1.33 bits per heavy atom. The van der Waals surface area contributed by atoms with Gasteiger partial charge < -0.3 is 15.8 Å². The summed E-state index contributed by atoms with van der Waals surface area (Å²) in [6, 6.07) is 5.02. The van der Waals surface area contributed by atoms with E-state index in [9.17, 15) is 4.79 Å². The van der Waals surface area contributed by atoms with Crippen molar-refractivity contribution in [3.8, 4) is 0 Å². The molecule has 2 rings (SSSR count). The smallest absolute Gasteiger partial charge is 0.253 e. The number of ether oxygens (including phenoxy) is 1. The number of nitrogens with two attached hydrogens (primary N) is 1. The van der Waals surface area contributed by atoms with Crippen LogP contribution in [0.5, 0.6) is 0 Å². The molecule has 5 heteroatoms. The van der Waals surface area contributed by atoms with Gasteiger partial charge in [-0.15, -0.1) is 0 Å². The Bertz CT molecular complexity index is 485. The van der Waals surface area contributed by atoms with Crippen molar-refractivity contribution in [1.82, 2.24) is 0 Å². The molecule has 4 nitrogen and oxygen atoms in total. The number of nitrogens with one attached hydrogen (secondary N) is 1. The molecule has 1 atom stereocenters. The van der Waals surface area contributed by atoms with Crippen molar-refractivity contribution in [2.75, 3.05) is 11.1 Å². The molecule has 21 heavy (non-hydrogen) atoms. The third kappa shape index (κ3) is 4.90. The minimum Gasteiger partial charge on any atom is -0.397 e. The Labute approximate surface area is 131 Å². The predicted molar refractivity (Wildman–Crippen MR) is 86.5 cm³/mol. The van der Waals surface area contributed by atoms with Crippen LogP contribution in [0, 0.1) is 0 Å². The number of hydrogen-bond acceptors (Lipinski definition) is 3. The highest BCUT2D eigenvalue weighted by atomic mass is 35.5. The van der Waals surface area contributed by atoms with Gasteiger partial charge in [0.15, 0.2) is 0 Å². The van der Waals surface area contributed by atoms with Gasteiger partial charge in [0.1, 0.15) is 6.10 Å². The summed E-state index contributed by atoms with van der Waals surface area (Å²) < 4.78 is 5.89. The normalized spacial score (nSPS) is 18.0. The molecule has 0 heterocycles. The van der Waals surface area contributed by atoms with Crippen molar-refractivity contribution < 1.29 is 9.53 Å². The fourth-order valence-electron chi connectivity index (χ4n) is 2.61. The monoisotopic (exact) mass is 310 g/mol. The molecule has 3 N–H and O–H groups in total. The molecule has 0 spiro atoms. The van der Waals surface area contributed by atoms with Gasteiger partial charge in [-0.1, -0.05) is 37.3 Å². The summed E-state index contributed by atoms with van der Waals surface area (Å²) in [6.45, 7) is 1.78. The van der Waals surface area contributed by atoms with Crippen LogP contribution >= 0.6 is 11.6 Å². The lowest BCUT2D eigenvalue weighted by Crippen LogP contribution is -2.31. The van der Waals surface area contributed by atoms with E-state index in [2.05, 4.69) is 5.32 Å². The predicted octanol–water partition coefficient (Wildman–Crippen LogP) is 3.99. The fraction of sp³-hybridized carbons (Fsp3) is 0.562. The van der Waals surface area contributed by atoms with Crippen LogP contribution in [0.3, 0.4) is 0 Å². The van der Waals surface area contributed by atoms with E-state index in [0.717, 1.165) is 12.8 Å². The maximum atomic E-state index is 12.2. The largest absolute Gasteiger partial charge is 0.397 e. The molecule has 1 aromatic rings. The quantitative estimate of drug-likeness (QED) is 0.653. The van der Waals surface area contributed by atoms with Crippen LogP contribution in [0.4, 0.5) is 11.4 Å². The summed E-state index contributed by atoms with van der Waals surface area (Å²) in [6.07, 6.45) is 6.69. The molecule has 0 aliphatic heterocycles. The van der Waals surface area contributed by atoms with Crippen LogP contribution in [0.1, 0.15) is 45.4 Å². The fourth-order valence-corrected chi connectivity index (χ4v) is 2.79. The molecule has 1 aliphatic rings. The number of carbonyl (C=O) groups is 1. The number of benzene rings is 1. The third-order valence-electron chi connectivity index (χ3n) is 3.84. The van der Waals surface area contributed by atoms with E-state index in [1.807, 2.05) is 0 Å². The topological polar surface area (TPSA) is 64.3 Å². The van der Waals surface area contributed by atoms with Crippen molar-refractivity contribution in [3.05, 3.63) is 23.2 Å². The summed E-state index contributed by atoms with van der Waals surface area (Å²) >= 11 is 5.84. The highest BCUT2D eigenvalue weighted by Gasteiger charge is 2.21. The van der Waals surface area contributed by atoms with Gasteiger partial charge in [0, 0.05) is 5.02 Å². The van der Waals surface area contributed by atoms with Crippen molar-refractivity contribution >= 4 is 28.9 Å². The molecular formula is C16H23ClN2O2. The summed E-state index contributed by atoms with van der Waals surface area (Å²) in [5.41, 5.74) is 6.86. The maximum Gasteiger partial charge on any atom is 0.253 e. The Hall–Kier alpha value is -1.26. The van der Waals surface area contributed by atoms with Crippen molar-refractivity contribution in [2.24, 2.45) is 0 Å². The van der Waals surface area contributed by atoms with Gasteiger partial charge in [0.05, 0.1) is 17.5 Å². The summed E-state index contributed by atoms with van der Waals surface area (Å²) in [5.74, 6) is -0.173. The first-order chi connectivity index (χ1) is 10.1. The van der Waals surface area contributed by atoms with Crippen LogP contribution in [0.2, 0.25) is 5.02 Å². The Balaban J connectivity index is 1.89. The van der Waals surface area contributed by atoms with E-state index < -0.39 is 6.10 Å². The van der Waals surface area contributed by atoms with Gasteiger partial charge in [-0.05, 0) is 38.0 Å². The summed E-state index contributed by atoms with van der Waals surface area (Å²) in [5, 5.41) is 3.34. The van der Waals surface area contributed by atoms with E-state index in [1.54, 1.807) is 25.1 Å². The Morgan fingerprint density at radius 3 is 2.62 bits per heavy atom. The van der Waals surface area contributed by atoms with Gasteiger partial charge in [-0.2, -0.15) is 0 Å². The van der Waals surface area contributed by atoms with Gasteiger partial charge in [0.2, 0.25) is 0 Å². The number of halogens is 1. The maximum absolute atomic E-state index is 12.2. The average molecular weight is 311 g/mol. The summed E-state index contributed by atoms with van der Waals surface area (Å²) in [4.78, 5) is 12.2. The molecule has 1 aromatic carbocycles. The first-order valence-electron chi connectivity index (χ1n) is 7.57. The van der Waals surface area contributed by atoms with Crippen molar-refractivity contribution in [3.63, 3.8) is 0 Å². The zero-order chi connectivity index (χ0) is 15.2. The van der Waals surface area contributed by atoms with Crippen LogP contribution in [-0.2, 0) is 9.53 Å². The molecule has 1 saturated carbocycles. The number of anilines is 2. The van der Waals surface area contributed by atoms with E-state index in [4.69, 9.17) is 22.1 Å². The standard InChI is InChI=1S/C16H23ClN2O2/c1-11(21-13-6-4-2-3-5-7-13)16(20)19-15-9-8-12(17)10-14(15)18/h8-11,13H,2-7,18H2,1H3,(H,19,20). The number of hydrogen-bond donors (Lipinski definition) is 2. The van der Waals surface area contributed by atoms with Gasteiger partial charge in [-0.25, -0.2) is 0 Å².